The molecule has 0 aromatic carbocycles. The van der Waals surface area contributed by atoms with Gasteiger partial charge in [-0.05, 0) is 34.6 Å². The van der Waals surface area contributed by atoms with E-state index in [0.29, 0.717) is 6.04 Å². The second-order valence-electron chi connectivity index (χ2n) is 4.87. The molecular formula is C10H25N3. The van der Waals surface area contributed by atoms with E-state index in [0.717, 1.165) is 6.67 Å². The Morgan fingerprint density at radius 2 is 1.62 bits per heavy atom. The van der Waals surface area contributed by atoms with Gasteiger partial charge >= 0.3 is 0 Å². The van der Waals surface area contributed by atoms with E-state index in [9.17, 15) is 0 Å². The van der Waals surface area contributed by atoms with Crippen molar-refractivity contribution in [3.05, 3.63) is 0 Å². The van der Waals surface area contributed by atoms with Crippen LogP contribution in [0.4, 0.5) is 0 Å². The molecule has 0 aliphatic rings. The molecule has 0 aromatic rings. The molecule has 1 N–H and O–H groups in total. The number of hydrogen-bond acceptors (Lipinski definition) is 3. The average Bonchev–Trinajstić information content (AvgIpc) is 1.96. The summed E-state index contributed by atoms with van der Waals surface area (Å²) in [7, 11) is 4.21. The molecular weight excluding hydrogens is 162 g/mol. The van der Waals surface area contributed by atoms with Crippen molar-refractivity contribution in [1.82, 2.24) is 15.3 Å². The van der Waals surface area contributed by atoms with Crippen LogP contribution in [0.3, 0.4) is 0 Å². The Kier molecular flexibility index (Phi) is 4.89. The smallest absolute Gasteiger partial charge is 0.0622 e. The van der Waals surface area contributed by atoms with Crippen LogP contribution in [0.25, 0.3) is 0 Å². The van der Waals surface area contributed by atoms with Crippen LogP contribution in [0, 0.1) is 0 Å². The zero-order valence-electron chi connectivity index (χ0n) is 10.2. The summed E-state index contributed by atoms with van der Waals surface area (Å²) in [6, 6.07) is 0.538. The normalized spacial score (nSPS) is 13.4. The summed E-state index contributed by atoms with van der Waals surface area (Å²) in [6.07, 6.45) is 0. The molecule has 0 fully saturated rings. The largest absolute Gasteiger partial charge is 0.301 e. The molecule has 0 amide bonds. The van der Waals surface area contributed by atoms with E-state index in [1.165, 1.54) is 0 Å². The van der Waals surface area contributed by atoms with Crippen LogP contribution in [0.1, 0.15) is 34.6 Å². The molecule has 0 aliphatic carbocycles. The molecule has 3 nitrogen and oxygen atoms in total. The summed E-state index contributed by atoms with van der Waals surface area (Å²) >= 11 is 0. The molecule has 0 aliphatic heterocycles. The van der Waals surface area contributed by atoms with Crippen molar-refractivity contribution in [2.75, 3.05) is 20.8 Å². The first-order valence-electron chi connectivity index (χ1n) is 4.93. The van der Waals surface area contributed by atoms with Crippen LogP contribution < -0.4 is 5.32 Å². The molecule has 0 saturated heterocycles. The Balaban J connectivity index is 3.90. The van der Waals surface area contributed by atoms with E-state index in [1.54, 1.807) is 0 Å². The lowest BCUT2D eigenvalue weighted by atomic mass is 10.1. The van der Waals surface area contributed by atoms with Gasteiger partial charge in [-0.3, -0.25) is 0 Å². The van der Waals surface area contributed by atoms with Gasteiger partial charge in [0, 0.05) is 25.7 Å². The molecule has 0 rings (SSSR count). The highest BCUT2D eigenvalue weighted by Crippen LogP contribution is 2.11. The second-order valence-corrected chi connectivity index (χ2v) is 4.87. The topological polar surface area (TPSA) is 18.5 Å². The van der Waals surface area contributed by atoms with Gasteiger partial charge in [0.1, 0.15) is 0 Å². The second kappa shape index (κ2) is 4.94. The van der Waals surface area contributed by atoms with Gasteiger partial charge < -0.3 is 5.32 Å². The predicted molar refractivity (Wildman–Crippen MR) is 58.4 cm³/mol. The van der Waals surface area contributed by atoms with Gasteiger partial charge in [0.05, 0.1) is 6.67 Å². The Bertz CT molecular complexity index is 138. The van der Waals surface area contributed by atoms with Crippen LogP contribution in [0.5, 0.6) is 0 Å². The molecule has 0 aromatic heterocycles. The Hall–Kier alpha value is -0.120. The molecule has 0 spiro atoms. The van der Waals surface area contributed by atoms with E-state index in [-0.39, 0.29) is 5.54 Å². The Morgan fingerprint density at radius 1 is 1.15 bits per heavy atom. The minimum Gasteiger partial charge on any atom is -0.301 e. The molecule has 13 heavy (non-hydrogen) atoms. The first-order chi connectivity index (χ1) is 5.75. The number of nitrogens with zero attached hydrogens (tertiary/aromatic N) is 2. The van der Waals surface area contributed by atoms with E-state index in [2.05, 4.69) is 64.0 Å². The fourth-order valence-electron chi connectivity index (χ4n) is 0.933. The van der Waals surface area contributed by atoms with Crippen LogP contribution in [0.15, 0.2) is 0 Å². The summed E-state index contributed by atoms with van der Waals surface area (Å²) in [5.74, 6) is 0. The van der Waals surface area contributed by atoms with Crippen LogP contribution in [-0.4, -0.2) is 42.4 Å². The molecule has 0 bridgehead atoms. The lowest BCUT2D eigenvalue weighted by Crippen LogP contribution is -2.52. The maximum atomic E-state index is 3.38. The highest BCUT2D eigenvalue weighted by atomic mass is 15.6. The zero-order chi connectivity index (χ0) is 10.6. The summed E-state index contributed by atoms with van der Waals surface area (Å²) in [5, 5.41) is 7.82. The fraction of sp³-hybridized carbons (Fsp3) is 1.00. The number of hydrogen-bond donors (Lipinski definition) is 1. The van der Waals surface area contributed by atoms with Crippen molar-refractivity contribution >= 4 is 0 Å². The SMILES string of the molecule is CC(C)NCN(C)N(C)C(C)(C)C. The number of nitrogens with one attached hydrogen (secondary N) is 1. The van der Waals surface area contributed by atoms with Gasteiger partial charge in [0.25, 0.3) is 0 Å². The molecule has 0 unspecified atom stereocenters. The third-order valence-corrected chi connectivity index (χ3v) is 2.21. The Morgan fingerprint density at radius 3 is 1.92 bits per heavy atom. The van der Waals surface area contributed by atoms with Gasteiger partial charge in [-0.15, -0.1) is 0 Å². The standard InChI is InChI=1S/C10H25N3/c1-9(2)11-8-12(6)13(7)10(3,4)5/h9,11H,8H2,1-7H3. The summed E-state index contributed by atoms with van der Waals surface area (Å²) < 4.78 is 0. The maximum absolute atomic E-state index is 3.38. The maximum Gasteiger partial charge on any atom is 0.0622 e. The first kappa shape index (κ1) is 12.9. The van der Waals surface area contributed by atoms with Crippen molar-refractivity contribution in [2.24, 2.45) is 0 Å². The number of hydrazine groups is 1. The molecule has 80 valence electrons. The van der Waals surface area contributed by atoms with Gasteiger partial charge in [-0.2, -0.15) is 0 Å². The van der Waals surface area contributed by atoms with Gasteiger partial charge in [-0.25, -0.2) is 10.0 Å². The minimum absolute atomic E-state index is 0.188. The van der Waals surface area contributed by atoms with Crippen molar-refractivity contribution in [3.63, 3.8) is 0 Å². The summed E-state index contributed by atoms with van der Waals surface area (Å²) in [5.41, 5.74) is 0.188. The molecule has 0 radical (unpaired) electrons. The lowest BCUT2D eigenvalue weighted by molar-refractivity contribution is -0.0538. The van der Waals surface area contributed by atoms with Gasteiger partial charge in [0.2, 0.25) is 0 Å². The van der Waals surface area contributed by atoms with E-state index >= 15 is 0 Å². The first-order valence-corrected chi connectivity index (χ1v) is 4.93. The van der Waals surface area contributed by atoms with Gasteiger partial charge in [0.15, 0.2) is 0 Å². The molecule has 3 heteroatoms. The summed E-state index contributed by atoms with van der Waals surface area (Å²) in [4.78, 5) is 0. The van der Waals surface area contributed by atoms with Crippen LogP contribution in [-0.2, 0) is 0 Å². The van der Waals surface area contributed by atoms with E-state index in [4.69, 9.17) is 0 Å². The van der Waals surface area contributed by atoms with Crippen LogP contribution in [0.2, 0.25) is 0 Å². The average molecular weight is 187 g/mol. The summed E-state index contributed by atoms with van der Waals surface area (Å²) in [6.45, 7) is 11.8. The van der Waals surface area contributed by atoms with Crippen molar-refractivity contribution in [1.29, 1.82) is 0 Å². The van der Waals surface area contributed by atoms with Crippen LogP contribution >= 0.6 is 0 Å². The molecule has 0 heterocycles. The third kappa shape index (κ3) is 5.24. The third-order valence-electron chi connectivity index (χ3n) is 2.21. The molecule has 0 atom stereocenters. The van der Waals surface area contributed by atoms with E-state index < -0.39 is 0 Å². The molecule has 0 saturated carbocycles. The van der Waals surface area contributed by atoms with Gasteiger partial charge in [-0.1, -0.05) is 0 Å². The Labute approximate surface area is 83.1 Å². The predicted octanol–water partition coefficient (Wildman–Crippen LogP) is 1.52. The monoisotopic (exact) mass is 187 g/mol. The fourth-order valence-corrected chi connectivity index (χ4v) is 0.933. The van der Waals surface area contributed by atoms with Crippen molar-refractivity contribution in [3.8, 4) is 0 Å². The lowest BCUT2D eigenvalue weighted by Gasteiger charge is -2.39. The highest BCUT2D eigenvalue weighted by molar-refractivity contribution is 4.70. The zero-order valence-corrected chi connectivity index (χ0v) is 10.2. The van der Waals surface area contributed by atoms with E-state index in [1.807, 2.05) is 0 Å². The minimum atomic E-state index is 0.188. The quantitative estimate of drug-likeness (QED) is 0.532. The highest BCUT2D eigenvalue weighted by Gasteiger charge is 2.20. The van der Waals surface area contributed by atoms with Crippen molar-refractivity contribution < 1.29 is 0 Å². The van der Waals surface area contributed by atoms with Crippen molar-refractivity contribution in [2.45, 2.75) is 46.2 Å². The number of rotatable bonds is 4.